The molecule has 17 heavy (non-hydrogen) atoms. The number of pyridine rings is 1. The highest BCUT2D eigenvalue weighted by atomic mass is 16.6. The predicted octanol–water partition coefficient (Wildman–Crippen LogP) is 2.90. The van der Waals surface area contributed by atoms with Gasteiger partial charge in [-0.2, -0.15) is 0 Å². The molecule has 1 N–H and O–H groups in total. The molecule has 0 radical (unpaired) electrons. The minimum absolute atomic E-state index is 0.102. The number of nitrogens with one attached hydrogen (secondary N) is 1. The third kappa shape index (κ3) is 2.72. The number of nitro groups is 1. The second-order valence-electron chi connectivity index (χ2n) is 4.61. The summed E-state index contributed by atoms with van der Waals surface area (Å²) in [4.78, 5) is 14.7. The van der Waals surface area contributed by atoms with Crippen LogP contribution in [-0.2, 0) is 0 Å². The molecule has 0 saturated heterocycles. The van der Waals surface area contributed by atoms with Gasteiger partial charge in [0, 0.05) is 18.3 Å². The number of rotatable bonds is 4. The average Bonchev–Trinajstić information content (AvgIpc) is 2.78. The summed E-state index contributed by atoms with van der Waals surface area (Å²) < 4.78 is 0. The molecular weight excluding hydrogens is 218 g/mol. The lowest BCUT2D eigenvalue weighted by molar-refractivity contribution is -0.384. The third-order valence-electron chi connectivity index (χ3n) is 3.34. The van der Waals surface area contributed by atoms with Crippen LogP contribution in [0.5, 0.6) is 0 Å². The Morgan fingerprint density at radius 1 is 1.53 bits per heavy atom. The van der Waals surface area contributed by atoms with E-state index in [-0.39, 0.29) is 10.6 Å². The maximum Gasteiger partial charge on any atom is 0.314 e. The summed E-state index contributed by atoms with van der Waals surface area (Å²) >= 11 is 0. The molecule has 1 aliphatic rings. The molecule has 1 fully saturated rings. The highest BCUT2D eigenvalue weighted by Gasteiger charge is 2.20. The van der Waals surface area contributed by atoms with Crippen LogP contribution in [0.1, 0.15) is 31.2 Å². The smallest absolute Gasteiger partial charge is 0.314 e. The minimum Gasteiger partial charge on any atom is -0.364 e. The third-order valence-corrected chi connectivity index (χ3v) is 3.34. The first-order valence-corrected chi connectivity index (χ1v) is 6.02. The zero-order valence-corrected chi connectivity index (χ0v) is 9.98. The molecule has 0 unspecified atom stereocenters. The quantitative estimate of drug-likeness (QED) is 0.643. The van der Waals surface area contributed by atoms with E-state index in [1.54, 1.807) is 19.2 Å². The molecule has 0 amide bonds. The maximum absolute atomic E-state index is 11.0. The van der Waals surface area contributed by atoms with E-state index < -0.39 is 0 Å². The number of nitrogens with zero attached hydrogens (tertiary/aromatic N) is 2. The molecule has 1 heterocycles. The van der Waals surface area contributed by atoms with Gasteiger partial charge < -0.3 is 5.32 Å². The van der Waals surface area contributed by atoms with Crippen molar-refractivity contribution in [2.45, 2.75) is 32.6 Å². The van der Waals surface area contributed by atoms with Gasteiger partial charge in [-0.05, 0) is 31.7 Å². The highest BCUT2D eigenvalue weighted by Crippen LogP contribution is 2.28. The lowest BCUT2D eigenvalue weighted by atomic mass is 10.1. The molecule has 5 heteroatoms. The molecule has 0 spiro atoms. The first-order valence-electron chi connectivity index (χ1n) is 6.02. The van der Waals surface area contributed by atoms with Crippen molar-refractivity contribution in [3.63, 3.8) is 0 Å². The molecule has 1 aromatic rings. The van der Waals surface area contributed by atoms with Gasteiger partial charge in [0.2, 0.25) is 5.82 Å². The first kappa shape index (κ1) is 11.8. The largest absolute Gasteiger partial charge is 0.364 e. The normalized spacial score (nSPS) is 16.1. The monoisotopic (exact) mass is 235 g/mol. The maximum atomic E-state index is 11.0. The van der Waals surface area contributed by atoms with Crippen LogP contribution < -0.4 is 5.32 Å². The molecular formula is C12H17N3O2. The Balaban J connectivity index is 2.09. The Morgan fingerprint density at radius 3 is 2.88 bits per heavy atom. The van der Waals surface area contributed by atoms with E-state index in [0.717, 1.165) is 6.54 Å². The Bertz CT molecular complexity index is 414. The lowest BCUT2D eigenvalue weighted by Gasteiger charge is -2.11. The molecule has 1 aliphatic carbocycles. The van der Waals surface area contributed by atoms with Crippen LogP contribution in [0, 0.1) is 23.0 Å². The Morgan fingerprint density at radius 2 is 2.24 bits per heavy atom. The first-order chi connectivity index (χ1) is 8.18. The van der Waals surface area contributed by atoms with Crippen molar-refractivity contribution in [3.8, 4) is 0 Å². The van der Waals surface area contributed by atoms with Gasteiger partial charge in [-0.25, -0.2) is 4.98 Å². The molecule has 1 saturated carbocycles. The molecule has 1 aromatic heterocycles. The minimum atomic E-state index is -0.362. The van der Waals surface area contributed by atoms with Gasteiger partial charge in [-0.15, -0.1) is 0 Å². The van der Waals surface area contributed by atoms with Gasteiger partial charge in [-0.3, -0.25) is 10.1 Å². The summed E-state index contributed by atoms with van der Waals surface area (Å²) in [5, 5.41) is 14.1. The standard InChI is InChI=1S/C12H17N3O2/c1-9-6-7-13-12(11(9)15(16)17)14-8-10-4-2-3-5-10/h6-7,10H,2-5,8H2,1H3,(H,13,14). The fourth-order valence-electron chi connectivity index (χ4n) is 2.37. The van der Waals surface area contributed by atoms with Gasteiger partial charge in [0.05, 0.1) is 4.92 Å². The van der Waals surface area contributed by atoms with E-state index in [1.807, 2.05) is 0 Å². The van der Waals surface area contributed by atoms with Gasteiger partial charge in [0.25, 0.3) is 0 Å². The predicted molar refractivity (Wildman–Crippen MR) is 66.1 cm³/mol. The fourth-order valence-corrected chi connectivity index (χ4v) is 2.37. The van der Waals surface area contributed by atoms with E-state index in [2.05, 4.69) is 10.3 Å². The van der Waals surface area contributed by atoms with Crippen molar-refractivity contribution in [3.05, 3.63) is 27.9 Å². The van der Waals surface area contributed by atoms with E-state index in [4.69, 9.17) is 0 Å². The average molecular weight is 235 g/mol. The van der Waals surface area contributed by atoms with Gasteiger partial charge >= 0.3 is 5.69 Å². The molecule has 0 atom stereocenters. The number of hydrogen-bond donors (Lipinski definition) is 1. The Kier molecular flexibility index (Phi) is 3.56. The zero-order valence-electron chi connectivity index (χ0n) is 9.98. The molecule has 92 valence electrons. The van der Waals surface area contributed by atoms with Crippen molar-refractivity contribution in [2.24, 2.45) is 5.92 Å². The SMILES string of the molecule is Cc1ccnc(NCC2CCCC2)c1[N+](=O)[O-]. The number of aryl methyl sites for hydroxylation is 1. The summed E-state index contributed by atoms with van der Waals surface area (Å²) in [6.45, 7) is 2.53. The Hall–Kier alpha value is -1.65. The van der Waals surface area contributed by atoms with Gasteiger partial charge in [0.15, 0.2) is 0 Å². The van der Waals surface area contributed by atoms with Crippen LogP contribution in [0.15, 0.2) is 12.3 Å². The van der Waals surface area contributed by atoms with E-state index in [9.17, 15) is 10.1 Å². The van der Waals surface area contributed by atoms with Crippen LogP contribution in [0.3, 0.4) is 0 Å². The van der Waals surface area contributed by atoms with E-state index in [0.29, 0.717) is 17.3 Å². The molecule has 0 aliphatic heterocycles. The summed E-state index contributed by atoms with van der Waals surface area (Å²) in [7, 11) is 0. The number of hydrogen-bond acceptors (Lipinski definition) is 4. The number of aromatic nitrogens is 1. The summed E-state index contributed by atoms with van der Waals surface area (Å²) in [6, 6.07) is 1.67. The van der Waals surface area contributed by atoms with Crippen LogP contribution in [0.25, 0.3) is 0 Å². The molecule has 0 bridgehead atoms. The van der Waals surface area contributed by atoms with Crippen molar-refractivity contribution in [2.75, 3.05) is 11.9 Å². The van der Waals surface area contributed by atoms with Crippen molar-refractivity contribution < 1.29 is 4.92 Å². The summed E-state index contributed by atoms with van der Waals surface area (Å²) in [5.74, 6) is 1.04. The van der Waals surface area contributed by atoms with Gasteiger partial charge in [-0.1, -0.05) is 12.8 Å². The van der Waals surface area contributed by atoms with Crippen LogP contribution in [0.4, 0.5) is 11.5 Å². The molecule has 2 rings (SSSR count). The van der Waals surface area contributed by atoms with Crippen LogP contribution in [-0.4, -0.2) is 16.5 Å². The van der Waals surface area contributed by atoms with Crippen molar-refractivity contribution in [1.82, 2.24) is 4.98 Å². The highest BCUT2D eigenvalue weighted by molar-refractivity contribution is 5.59. The van der Waals surface area contributed by atoms with Crippen molar-refractivity contribution in [1.29, 1.82) is 0 Å². The van der Waals surface area contributed by atoms with Crippen LogP contribution in [0.2, 0.25) is 0 Å². The Labute approximate surface area is 100 Å². The second kappa shape index (κ2) is 5.12. The molecule has 0 aromatic carbocycles. The fraction of sp³-hybridized carbons (Fsp3) is 0.583. The van der Waals surface area contributed by atoms with E-state index >= 15 is 0 Å². The second-order valence-corrected chi connectivity index (χ2v) is 4.61. The van der Waals surface area contributed by atoms with Gasteiger partial charge in [0.1, 0.15) is 0 Å². The van der Waals surface area contributed by atoms with E-state index in [1.165, 1.54) is 25.7 Å². The summed E-state index contributed by atoms with van der Waals surface area (Å²) in [5.41, 5.74) is 0.754. The van der Waals surface area contributed by atoms with Crippen molar-refractivity contribution >= 4 is 11.5 Å². The summed E-state index contributed by atoms with van der Waals surface area (Å²) in [6.07, 6.45) is 6.59. The molecule has 5 nitrogen and oxygen atoms in total. The van der Waals surface area contributed by atoms with Crippen LogP contribution >= 0.6 is 0 Å². The zero-order chi connectivity index (χ0) is 12.3. The topological polar surface area (TPSA) is 68.1 Å². The number of anilines is 1. The lowest BCUT2D eigenvalue weighted by Crippen LogP contribution is -2.13.